The zero-order valence-corrected chi connectivity index (χ0v) is 15.2. The SMILES string of the molecule is O=S(=O)(Cc1ccc(Cl)cc1)N(Cc1ccsc1)Cc1ccco1. The van der Waals surface area contributed by atoms with Crippen LogP contribution < -0.4 is 0 Å². The highest BCUT2D eigenvalue weighted by Gasteiger charge is 2.24. The summed E-state index contributed by atoms with van der Waals surface area (Å²) in [7, 11) is -3.51. The van der Waals surface area contributed by atoms with Gasteiger partial charge < -0.3 is 4.42 Å². The number of rotatable bonds is 7. The fraction of sp³-hybridized carbons (Fsp3) is 0.176. The van der Waals surface area contributed by atoms with Crippen LogP contribution >= 0.6 is 22.9 Å². The molecule has 126 valence electrons. The van der Waals surface area contributed by atoms with Crippen molar-refractivity contribution < 1.29 is 12.8 Å². The lowest BCUT2D eigenvalue weighted by Crippen LogP contribution is -2.31. The lowest BCUT2D eigenvalue weighted by molar-refractivity contribution is 0.358. The Bertz CT molecular complexity index is 821. The first-order valence-corrected chi connectivity index (χ1v) is 10.2. The van der Waals surface area contributed by atoms with Crippen molar-refractivity contribution in [2.24, 2.45) is 0 Å². The molecule has 4 nitrogen and oxygen atoms in total. The third-order valence-corrected chi connectivity index (χ3v) is 6.23. The zero-order valence-electron chi connectivity index (χ0n) is 12.8. The Morgan fingerprint density at radius 3 is 2.46 bits per heavy atom. The number of hydrogen-bond acceptors (Lipinski definition) is 4. The van der Waals surface area contributed by atoms with Crippen LogP contribution in [0.1, 0.15) is 16.9 Å². The Kier molecular flexibility index (Phi) is 5.40. The Labute approximate surface area is 150 Å². The smallest absolute Gasteiger partial charge is 0.219 e. The van der Waals surface area contributed by atoms with E-state index in [2.05, 4.69) is 0 Å². The van der Waals surface area contributed by atoms with E-state index in [1.807, 2.05) is 16.8 Å². The highest BCUT2D eigenvalue weighted by Crippen LogP contribution is 2.20. The molecule has 7 heteroatoms. The second kappa shape index (κ2) is 7.53. The molecule has 1 aromatic carbocycles. The van der Waals surface area contributed by atoms with Gasteiger partial charge in [0.05, 0.1) is 18.6 Å². The summed E-state index contributed by atoms with van der Waals surface area (Å²) >= 11 is 7.41. The van der Waals surface area contributed by atoms with Gasteiger partial charge in [0.25, 0.3) is 0 Å². The molecule has 0 aliphatic carbocycles. The zero-order chi connectivity index (χ0) is 17.0. The average molecular weight is 382 g/mol. The van der Waals surface area contributed by atoms with Crippen molar-refractivity contribution in [1.29, 1.82) is 0 Å². The first-order valence-electron chi connectivity index (χ1n) is 7.29. The number of furan rings is 1. The molecule has 0 aliphatic heterocycles. The summed E-state index contributed by atoms with van der Waals surface area (Å²) in [6, 6.07) is 12.3. The largest absolute Gasteiger partial charge is 0.468 e. The van der Waals surface area contributed by atoms with Crippen LogP contribution in [-0.2, 0) is 28.9 Å². The third kappa shape index (κ3) is 4.48. The first kappa shape index (κ1) is 17.2. The molecule has 2 aromatic heterocycles. The summed E-state index contributed by atoms with van der Waals surface area (Å²) in [4.78, 5) is 0. The first-order chi connectivity index (χ1) is 11.5. The normalized spacial score (nSPS) is 11.9. The quantitative estimate of drug-likeness (QED) is 0.604. The molecule has 0 unspecified atom stereocenters. The number of nitrogens with zero attached hydrogens (tertiary/aromatic N) is 1. The standard InChI is InChI=1S/C17H16ClNO3S2/c18-16-5-3-14(4-6-16)13-24(20,21)19(10-15-7-9-23-12-15)11-17-2-1-8-22-17/h1-9,12H,10-11,13H2. The minimum atomic E-state index is -3.51. The van der Waals surface area contributed by atoms with E-state index in [9.17, 15) is 8.42 Å². The summed E-state index contributed by atoms with van der Waals surface area (Å²) in [5, 5.41) is 4.47. The fourth-order valence-corrected chi connectivity index (χ4v) is 4.55. The highest BCUT2D eigenvalue weighted by molar-refractivity contribution is 7.88. The van der Waals surface area contributed by atoms with Crippen LogP contribution in [0.25, 0.3) is 0 Å². The molecule has 0 spiro atoms. The van der Waals surface area contributed by atoms with E-state index in [0.29, 0.717) is 22.9 Å². The molecule has 0 saturated heterocycles. The van der Waals surface area contributed by atoms with Gasteiger partial charge in [0.2, 0.25) is 10.0 Å². The van der Waals surface area contributed by atoms with E-state index < -0.39 is 10.0 Å². The van der Waals surface area contributed by atoms with Gasteiger partial charge in [-0.25, -0.2) is 8.42 Å². The van der Waals surface area contributed by atoms with Gasteiger partial charge in [0, 0.05) is 11.6 Å². The van der Waals surface area contributed by atoms with Crippen molar-refractivity contribution in [2.45, 2.75) is 18.8 Å². The van der Waals surface area contributed by atoms with E-state index >= 15 is 0 Å². The molecule has 0 fully saturated rings. The number of sulfonamides is 1. The number of benzene rings is 1. The van der Waals surface area contributed by atoms with Gasteiger partial charge in [-0.3, -0.25) is 0 Å². The molecule has 3 aromatic rings. The lowest BCUT2D eigenvalue weighted by atomic mass is 10.2. The number of thiophene rings is 1. The second-order valence-corrected chi connectivity index (χ2v) is 8.55. The predicted molar refractivity (Wildman–Crippen MR) is 96.3 cm³/mol. The van der Waals surface area contributed by atoms with Gasteiger partial charge in [-0.2, -0.15) is 15.6 Å². The number of hydrogen-bond donors (Lipinski definition) is 0. The monoisotopic (exact) mass is 381 g/mol. The van der Waals surface area contributed by atoms with Crippen molar-refractivity contribution in [2.75, 3.05) is 0 Å². The maximum atomic E-state index is 12.9. The van der Waals surface area contributed by atoms with Gasteiger partial charge in [-0.05, 0) is 52.2 Å². The fourth-order valence-electron chi connectivity index (χ4n) is 2.30. The predicted octanol–water partition coefficient (Wildman–Crippen LogP) is 4.53. The molecule has 0 amide bonds. The lowest BCUT2D eigenvalue weighted by Gasteiger charge is -2.21. The summed E-state index contributed by atoms with van der Waals surface area (Å²) in [6.45, 7) is 0.527. The van der Waals surface area contributed by atoms with Gasteiger partial charge in [0.1, 0.15) is 5.76 Å². The molecule has 24 heavy (non-hydrogen) atoms. The Balaban J connectivity index is 1.83. The van der Waals surface area contributed by atoms with E-state index in [4.69, 9.17) is 16.0 Å². The van der Waals surface area contributed by atoms with E-state index in [1.165, 1.54) is 4.31 Å². The van der Waals surface area contributed by atoms with Crippen molar-refractivity contribution in [3.05, 3.63) is 81.4 Å². The van der Waals surface area contributed by atoms with Gasteiger partial charge in [-0.1, -0.05) is 23.7 Å². The van der Waals surface area contributed by atoms with Crippen LogP contribution in [0.4, 0.5) is 0 Å². The molecule has 0 saturated carbocycles. The Morgan fingerprint density at radius 2 is 1.83 bits per heavy atom. The van der Waals surface area contributed by atoms with Crippen molar-refractivity contribution in [3.8, 4) is 0 Å². The van der Waals surface area contributed by atoms with Crippen molar-refractivity contribution in [3.63, 3.8) is 0 Å². The molecular weight excluding hydrogens is 366 g/mol. The van der Waals surface area contributed by atoms with Crippen molar-refractivity contribution >= 4 is 33.0 Å². The molecule has 0 N–H and O–H groups in total. The third-order valence-electron chi connectivity index (χ3n) is 3.51. The van der Waals surface area contributed by atoms with E-state index in [1.54, 1.807) is 54.0 Å². The Morgan fingerprint density at radius 1 is 1.04 bits per heavy atom. The molecule has 3 rings (SSSR count). The van der Waals surface area contributed by atoms with Crippen LogP contribution in [0.2, 0.25) is 5.02 Å². The second-order valence-electron chi connectivity index (χ2n) is 5.36. The van der Waals surface area contributed by atoms with Crippen molar-refractivity contribution in [1.82, 2.24) is 4.31 Å². The minimum Gasteiger partial charge on any atom is -0.468 e. The molecule has 0 radical (unpaired) electrons. The summed E-state index contributed by atoms with van der Waals surface area (Å²) in [5.74, 6) is 0.541. The van der Waals surface area contributed by atoms with Crippen LogP contribution in [-0.4, -0.2) is 12.7 Å². The maximum absolute atomic E-state index is 12.9. The van der Waals surface area contributed by atoms with Crippen LogP contribution in [0.15, 0.2) is 63.9 Å². The highest BCUT2D eigenvalue weighted by atomic mass is 35.5. The maximum Gasteiger partial charge on any atom is 0.219 e. The van der Waals surface area contributed by atoms with Crippen LogP contribution in [0.3, 0.4) is 0 Å². The summed E-state index contributed by atoms with van der Waals surface area (Å²) in [6.07, 6.45) is 1.55. The molecule has 0 aliphatic rings. The summed E-state index contributed by atoms with van der Waals surface area (Å²) < 4.78 is 32.6. The molecular formula is C17H16ClNO3S2. The molecule has 0 bridgehead atoms. The Hall–Kier alpha value is -1.60. The van der Waals surface area contributed by atoms with E-state index in [0.717, 1.165) is 5.56 Å². The van der Waals surface area contributed by atoms with Gasteiger partial charge in [0.15, 0.2) is 0 Å². The van der Waals surface area contributed by atoms with Gasteiger partial charge in [-0.15, -0.1) is 0 Å². The molecule has 0 atom stereocenters. The van der Waals surface area contributed by atoms with Crippen LogP contribution in [0.5, 0.6) is 0 Å². The topological polar surface area (TPSA) is 50.5 Å². The average Bonchev–Trinajstić information content (AvgIpc) is 3.22. The van der Waals surface area contributed by atoms with Gasteiger partial charge >= 0.3 is 0 Å². The number of halogens is 1. The minimum absolute atomic E-state index is 0.0744. The summed E-state index contributed by atoms with van der Waals surface area (Å²) in [5.41, 5.74) is 1.67. The van der Waals surface area contributed by atoms with Crippen LogP contribution in [0, 0.1) is 0 Å². The van der Waals surface area contributed by atoms with E-state index in [-0.39, 0.29) is 12.3 Å². The molecule has 2 heterocycles.